The Kier molecular flexibility index (Phi) is 24.8. The standard InChI is InChI=1S/C24H27F3N2O8S.C23H28N2O6.2CO2/c1-14-10-18(17-6-7-20(29-15(17)2)22(30)28-12-16-4-5-16)19(23(31)36-13-35-9-8-34-3)11-21(14)37-38(32,33)24(25,26)27;1-14-10-18(19(11-21(14)26)23(28)31-13-30-9-8-29-3)17-6-7-20(25-15(17)2)22(27)24-12-16-4-5-16;2*2-1-3/h6-7,10-11,16H,4-5,8-9,12-13H2,1-3H3,(H,28,30);6-7,10-11,16,26H,4-5,8-9,12-13H2,1-3H3,(H,24,27);;. The first-order chi connectivity index (χ1) is 35.6. The smallest absolute Gasteiger partial charge is 0.508 e. The molecule has 2 aromatic heterocycles. The number of alkyl halides is 3. The first-order valence-corrected chi connectivity index (χ1v) is 24.0. The zero-order chi connectivity index (χ0) is 55.9. The molecule has 0 saturated heterocycles. The van der Waals surface area contributed by atoms with Crippen molar-refractivity contribution in [2.24, 2.45) is 11.8 Å². The number of pyridine rings is 2. The van der Waals surface area contributed by atoms with Crippen molar-refractivity contribution in [2.45, 2.75) is 58.9 Å². The van der Waals surface area contributed by atoms with Crippen LogP contribution in [-0.4, -0.2) is 132 Å². The lowest BCUT2D eigenvalue weighted by atomic mass is 9.95. The number of aromatic hydroxyl groups is 1. The molecule has 0 atom stereocenters. The summed E-state index contributed by atoms with van der Waals surface area (Å²) in [5.74, 6) is -1.90. The molecule has 2 aromatic carbocycles. The SMILES string of the molecule is COCCOCOC(=O)c1cc(O)c(C)cc1-c1ccc(C(=O)NCC2CC2)nc1C.COCCOCOC(=O)c1cc(OS(=O)(=O)C(F)(F)F)c(C)cc1-c1ccc(C(=O)NCC2CC2)nc1C.O=C=O.O=C=O. The fraction of sp³-hybridized carbons (Fsp3) is 0.429. The number of hydrogen-bond acceptors (Lipinski definition) is 20. The van der Waals surface area contributed by atoms with E-state index in [0.717, 1.165) is 31.7 Å². The first kappa shape index (κ1) is 61.9. The van der Waals surface area contributed by atoms with Crippen LogP contribution in [0.3, 0.4) is 0 Å². The molecule has 2 aliphatic carbocycles. The summed E-state index contributed by atoms with van der Waals surface area (Å²) in [6, 6.07) is 11.6. The third-order valence-electron chi connectivity index (χ3n) is 10.7. The van der Waals surface area contributed by atoms with E-state index in [1.807, 2.05) is 0 Å². The number of nitrogens with zero attached hydrogens (tertiary/aromatic N) is 2. The first-order valence-electron chi connectivity index (χ1n) is 22.5. The van der Waals surface area contributed by atoms with Crippen LogP contribution < -0.4 is 14.8 Å². The number of benzene rings is 2. The highest BCUT2D eigenvalue weighted by Crippen LogP contribution is 2.36. The highest BCUT2D eigenvalue weighted by atomic mass is 32.2. The predicted molar refractivity (Wildman–Crippen MR) is 252 cm³/mol. The maximum atomic E-state index is 12.9. The number of amides is 2. The van der Waals surface area contributed by atoms with Crippen LogP contribution >= 0.6 is 0 Å². The molecular weight excluding hydrogens is 1020 g/mol. The van der Waals surface area contributed by atoms with Crippen LogP contribution in [0.1, 0.15) is 89.9 Å². The lowest BCUT2D eigenvalue weighted by Gasteiger charge is -2.17. The summed E-state index contributed by atoms with van der Waals surface area (Å²) in [6.07, 6.45) is 4.93. The fourth-order valence-electron chi connectivity index (χ4n) is 6.41. The average molecular weight is 1080 g/mol. The third kappa shape index (κ3) is 19.7. The Labute approximate surface area is 428 Å². The molecule has 2 fully saturated rings. The Morgan fingerprint density at radius 1 is 0.640 bits per heavy atom. The summed E-state index contributed by atoms with van der Waals surface area (Å²) in [6.45, 7) is 7.93. The van der Waals surface area contributed by atoms with Crippen molar-refractivity contribution >= 4 is 46.2 Å². The van der Waals surface area contributed by atoms with E-state index in [1.54, 1.807) is 46.1 Å². The van der Waals surface area contributed by atoms with E-state index in [2.05, 4.69) is 24.8 Å². The molecule has 6 rings (SSSR count). The number of rotatable bonds is 22. The Hall–Kier alpha value is -7.44. The topological polar surface area (TPSA) is 305 Å². The van der Waals surface area contributed by atoms with E-state index in [0.29, 0.717) is 77.5 Å². The third-order valence-corrected chi connectivity index (χ3v) is 11.7. The van der Waals surface area contributed by atoms with E-state index in [9.17, 15) is 45.9 Å². The minimum absolute atomic E-state index is 0.00799. The molecular formula is C49H55F3N4O18S. The van der Waals surface area contributed by atoms with Gasteiger partial charge in [-0.15, -0.1) is 0 Å². The average Bonchev–Trinajstić information content (AvgIpc) is 4.31. The largest absolute Gasteiger partial charge is 0.534 e. The minimum Gasteiger partial charge on any atom is -0.508 e. The van der Waals surface area contributed by atoms with Gasteiger partial charge in [0.1, 0.15) is 22.9 Å². The summed E-state index contributed by atoms with van der Waals surface area (Å²) in [7, 11) is -3.00. The molecule has 0 unspecified atom stereocenters. The number of aryl methyl sites for hydroxylation is 4. The molecule has 2 saturated carbocycles. The van der Waals surface area contributed by atoms with Crippen molar-refractivity contribution in [1.82, 2.24) is 20.6 Å². The van der Waals surface area contributed by atoms with Crippen molar-refractivity contribution in [1.29, 1.82) is 0 Å². The lowest BCUT2D eigenvalue weighted by molar-refractivity contribution is -0.193. The van der Waals surface area contributed by atoms with Crippen molar-refractivity contribution in [3.05, 3.63) is 93.6 Å². The minimum atomic E-state index is -6.00. The highest BCUT2D eigenvalue weighted by molar-refractivity contribution is 7.88. The number of phenols is 1. The number of nitrogens with one attached hydrogen (secondary N) is 2. The van der Waals surface area contributed by atoms with Gasteiger partial charge in [-0.05, 0) is 124 Å². The van der Waals surface area contributed by atoms with E-state index in [1.165, 1.54) is 38.3 Å². The van der Waals surface area contributed by atoms with Gasteiger partial charge in [-0.1, -0.05) is 12.1 Å². The second-order valence-electron chi connectivity index (χ2n) is 16.4. The van der Waals surface area contributed by atoms with Crippen LogP contribution in [0.5, 0.6) is 11.5 Å². The molecule has 406 valence electrons. The molecule has 2 amide bonds. The fourth-order valence-corrected chi connectivity index (χ4v) is 6.93. The quantitative estimate of drug-likeness (QED) is 0.0294. The predicted octanol–water partition coefficient (Wildman–Crippen LogP) is 5.33. The molecule has 2 aliphatic rings. The van der Waals surface area contributed by atoms with Gasteiger partial charge in [0.2, 0.25) is 0 Å². The van der Waals surface area contributed by atoms with Gasteiger partial charge in [0, 0.05) is 49.8 Å². The summed E-state index contributed by atoms with van der Waals surface area (Å²) in [5, 5.41) is 15.8. The van der Waals surface area contributed by atoms with Gasteiger partial charge in [0.15, 0.2) is 13.6 Å². The Balaban J connectivity index is 0.000000363. The van der Waals surface area contributed by atoms with Crippen LogP contribution in [0.2, 0.25) is 0 Å². The molecule has 0 bridgehead atoms. The van der Waals surface area contributed by atoms with Crippen LogP contribution in [0, 0.1) is 39.5 Å². The Morgan fingerprint density at radius 3 is 1.41 bits per heavy atom. The second-order valence-corrected chi connectivity index (χ2v) is 17.9. The molecule has 22 nitrogen and oxygen atoms in total. The van der Waals surface area contributed by atoms with E-state index in [-0.39, 0.29) is 77.8 Å². The van der Waals surface area contributed by atoms with Gasteiger partial charge in [-0.2, -0.15) is 40.8 Å². The number of esters is 2. The van der Waals surface area contributed by atoms with Crippen LogP contribution in [0.25, 0.3) is 22.3 Å². The van der Waals surface area contributed by atoms with Crippen LogP contribution in [0.15, 0.2) is 48.5 Å². The van der Waals surface area contributed by atoms with Gasteiger partial charge in [-0.3, -0.25) is 9.59 Å². The molecule has 0 aliphatic heterocycles. The Morgan fingerprint density at radius 2 is 1.04 bits per heavy atom. The lowest BCUT2D eigenvalue weighted by Crippen LogP contribution is -2.28. The van der Waals surface area contributed by atoms with E-state index < -0.39 is 40.1 Å². The molecule has 0 radical (unpaired) electrons. The number of ether oxygens (including phenoxy) is 6. The maximum absolute atomic E-state index is 12.9. The van der Waals surface area contributed by atoms with Crippen LogP contribution in [0.4, 0.5) is 13.2 Å². The number of halogens is 3. The Bertz CT molecular complexity index is 2800. The van der Waals surface area contributed by atoms with Crippen LogP contribution in [-0.2, 0) is 57.7 Å². The molecule has 4 aromatic rings. The van der Waals surface area contributed by atoms with Crippen molar-refractivity contribution in [3.8, 4) is 33.8 Å². The van der Waals surface area contributed by atoms with Gasteiger partial charge in [-0.25, -0.2) is 19.6 Å². The molecule has 3 N–H and O–H groups in total. The summed E-state index contributed by atoms with van der Waals surface area (Å²) in [4.78, 5) is 91.5. The highest BCUT2D eigenvalue weighted by Gasteiger charge is 2.49. The maximum Gasteiger partial charge on any atom is 0.534 e. The van der Waals surface area contributed by atoms with Gasteiger partial charge in [0.05, 0.1) is 37.6 Å². The van der Waals surface area contributed by atoms with Crippen molar-refractivity contribution < 1.29 is 97.7 Å². The number of carbonyl (C=O) groups is 4. The number of methoxy groups -OCH3 is 2. The molecule has 2 heterocycles. The van der Waals surface area contributed by atoms with E-state index >= 15 is 0 Å². The van der Waals surface area contributed by atoms with Gasteiger partial charge >= 0.3 is 39.9 Å². The normalized spacial score (nSPS) is 12.6. The number of carbonyl (C=O) groups excluding carboxylic acids is 8. The zero-order valence-electron chi connectivity index (χ0n) is 41.6. The zero-order valence-corrected chi connectivity index (χ0v) is 42.4. The monoisotopic (exact) mass is 1080 g/mol. The summed E-state index contributed by atoms with van der Waals surface area (Å²) in [5.41, 5.74) is -2.00. The molecule has 26 heteroatoms. The number of phenolic OH excluding ortho intramolecular Hbond substituents is 1. The second kappa shape index (κ2) is 30.1. The number of aromatic nitrogens is 2. The van der Waals surface area contributed by atoms with Gasteiger partial charge in [0.25, 0.3) is 11.8 Å². The summed E-state index contributed by atoms with van der Waals surface area (Å²) >= 11 is 0. The van der Waals surface area contributed by atoms with Gasteiger partial charge < -0.3 is 48.3 Å². The number of hydrogen-bond donors (Lipinski definition) is 3. The van der Waals surface area contributed by atoms with Crippen molar-refractivity contribution in [3.63, 3.8) is 0 Å². The van der Waals surface area contributed by atoms with Crippen molar-refractivity contribution in [2.75, 3.05) is 67.3 Å². The molecule has 75 heavy (non-hydrogen) atoms. The summed E-state index contributed by atoms with van der Waals surface area (Å²) < 4.78 is 96.4. The van der Waals surface area contributed by atoms with E-state index in [4.69, 9.17) is 47.6 Å². The molecule has 0 spiro atoms.